The molecule has 18 heavy (non-hydrogen) atoms. The molecule has 1 fully saturated rings. The molecule has 0 amide bonds. The first kappa shape index (κ1) is 12.8. The van der Waals surface area contributed by atoms with Crippen molar-refractivity contribution in [1.29, 1.82) is 0 Å². The average Bonchev–Trinajstić information content (AvgIpc) is 2.40. The predicted octanol–water partition coefficient (Wildman–Crippen LogP) is 0.621. The van der Waals surface area contributed by atoms with Crippen LogP contribution in [-0.2, 0) is 11.3 Å². The van der Waals surface area contributed by atoms with Crippen molar-refractivity contribution < 1.29 is 19.4 Å². The summed E-state index contributed by atoms with van der Waals surface area (Å²) in [5, 5.41) is 9.07. The van der Waals surface area contributed by atoms with Gasteiger partial charge >= 0.3 is 5.97 Å². The first-order chi connectivity index (χ1) is 8.70. The molecular weight excluding hydrogens is 236 g/mol. The van der Waals surface area contributed by atoms with Crippen molar-refractivity contribution in [2.75, 3.05) is 33.4 Å². The Morgan fingerprint density at radius 2 is 2.28 bits per heavy atom. The number of carbonyl (C=O) groups is 1. The number of hydrogen-bond donors (Lipinski definition) is 1. The fraction of sp³-hybridized carbons (Fsp3) is 0.500. The second-order valence-electron chi connectivity index (χ2n) is 4.09. The lowest BCUT2D eigenvalue weighted by atomic mass is 10.2. The van der Waals surface area contributed by atoms with E-state index >= 15 is 0 Å². The van der Waals surface area contributed by atoms with Crippen molar-refractivity contribution in [2.45, 2.75) is 6.54 Å². The van der Waals surface area contributed by atoms with Crippen molar-refractivity contribution in [2.24, 2.45) is 0 Å². The summed E-state index contributed by atoms with van der Waals surface area (Å²) >= 11 is 0. The summed E-state index contributed by atoms with van der Waals surface area (Å²) in [5.74, 6) is -0.878. The molecular formula is C12H16N2O4. The summed E-state index contributed by atoms with van der Waals surface area (Å²) in [5.41, 5.74) is 0.971. The molecule has 1 aliphatic heterocycles. The SMILES string of the molecule is COc1ncc(CN2CCOCC2)cc1C(=O)O. The van der Waals surface area contributed by atoms with Gasteiger partial charge < -0.3 is 14.6 Å². The van der Waals surface area contributed by atoms with Crippen LogP contribution in [-0.4, -0.2) is 54.4 Å². The molecule has 1 aliphatic rings. The minimum Gasteiger partial charge on any atom is -0.480 e. The number of aromatic carboxylic acids is 1. The van der Waals surface area contributed by atoms with E-state index in [4.69, 9.17) is 14.6 Å². The molecule has 0 spiro atoms. The Morgan fingerprint density at radius 1 is 1.56 bits per heavy atom. The number of pyridine rings is 1. The van der Waals surface area contributed by atoms with E-state index in [0.29, 0.717) is 6.54 Å². The summed E-state index contributed by atoms with van der Waals surface area (Å²) < 4.78 is 10.2. The van der Waals surface area contributed by atoms with Crippen molar-refractivity contribution >= 4 is 5.97 Å². The van der Waals surface area contributed by atoms with Gasteiger partial charge in [-0.1, -0.05) is 0 Å². The van der Waals surface area contributed by atoms with Crippen molar-refractivity contribution in [1.82, 2.24) is 9.88 Å². The number of carboxylic acid groups (broad SMARTS) is 1. The molecule has 2 rings (SSSR count). The number of methoxy groups -OCH3 is 1. The number of nitrogens with zero attached hydrogens (tertiary/aromatic N) is 2. The van der Waals surface area contributed by atoms with Crippen LogP contribution in [0.4, 0.5) is 0 Å². The third-order valence-corrected chi connectivity index (χ3v) is 2.84. The van der Waals surface area contributed by atoms with Crippen LogP contribution in [0.2, 0.25) is 0 Å². The van der Waals surface area contributed by atoms with Gasteiger partial charge in [0.25, 0.3) is 0 Å². The molecule has 0 unspecified atom stereocenters. The van der Waals surface area contributed by atoms with Crippen LogP contribution < -0.4 is 4.74 Å². The number of rotatable bonds is 4. The normalized spacial score (nSPS) is 16.5. The maximum Gasteiger partial charge on any atom is 0.341 e. The van der Waals surface area contributed by atoms with Gasteiger partial charge in [-0.3, -0.25) is 4.90 Å². The Balaban J connectivity index is 2.13. The number of carboxylic acids is 1. The standard InChI is InChI=1S/C12H16N2O4/c1-17-11-10(12(15)16)6-9(7-13-11)8-14-2-4-18-5-3-14/h6-7H,2-5,8H2,1H3,(H,15,16). The Morgan fingerprint density at radius 3 is 2.89 bits per heavy atom. The first-order valence-corrected chi connectivity index (χ1v) is 5.77. The molecule has 1 aromatic rings. The lowest BCUT2D eigenvalue weighted by Gasteiger charge is -2.26. The third kappa shape index (κ3) is 2.96. The Labute approximate surface area is 105 Å². The Kier molecular flexibility index (Phi) is 4.11. The largest absolute Gasteiger partial charge is 0.480 e. The molecule has 0 aromatic carbocycles. The molecule has 6 nitrogen and oxygen atoms in total. The quantitative estimate of drug-likeness (QED) is 0.847. The summed E-state index contributed by atoms with van der Waals surface area (Å²) in [6.45, 7) is 3.83. The highest BCUT2D eigenvalue weighted by molar-refractivity contribution is 5.90. The Bertz CT molecular complexity index is 430. The zero-order valence-corrected chi connectivity index (χ0v) is 10.3. The lowest BCUT2D eigenvalue weighted by molar-refractivity contribution is 0.0341. The van der Waals surface area contributed by atoms with Gasteiger partial charge in [-0.25, -0.2) is 9.78 Å². The second-order valence-corrected chi connectivity index (χ2v) is 4.09. The van der Waals surface area contributed by atoms with Crippen molar-refractivity contribution in [3.63, 3.8) is 0 Å². The second kappa shape index (κ2) is 5.79. The third-order valence-electron chi connectivity index (χ3n) is 2.84. The zero-order chi connectivity index (χ0) is 13.0. The minimum atomic E-state index is -1.02. The van der Waals surface area contributed by atoms with E-state index in [1.807, 2.05) is 0 Å². The van der Waals surface area contributed by atoms with Gasteiger partial charge in [-0.2, -0.15) is 0 Å². The van der Waals surface area contributed by atoms with Gasteiger partial charge in [-0.15, -0.1) is 0 Å². The number of ether oxygens (including phenoxy) is 2. The molecule has 0 bridgehead atoms. The molecule has 1 saturated heterocycles. The molecule has 6 heteroatoms. The minimum absolute atomic E-state index is 0.100. The van der Waals surface area contributed by atoms with E-state index in [-0.39, 0.29) is 11.4 Å². The van der Waals surface area contributed by atoms with Gasteiger partial charge in [-0.05, 0) is 11.6 Å². The van der Waals surface area contributed by atoms with Crippen LogP contribution in [0.5, 0.6) is 5.88 Å². The van der Waals surface area contributed by atoms with Gasteiger partial charge in [0.15, 0.2) is 0 Å². The van der Waals surface area contributed by atoms with E-state index in [1.165, 1.54) is 7.11 Å². The summed E-state index contributed by atoms with van der Waals surface area (Å²) in [7, 11) is 1.41. The molecule has 2 heterocycles. The highest BCUT2D eigenvalue weighted by atomic mass is 16.5. The van der Waals surface area contributed by atoms with Crippen LogP contribution in [0.1, 0.15) is 15.9 Å². The molecule has 98 valence electrons. The maximum absolute atomic E-state index is 11.1. The van der Waals surface area contributed by atoms with Crippen LogP contribution in [0.25, 0.3) is 0 Å². The maximum atomic E-state index is 11.1. The monoisotopic (exact) mass is 252 g/mol. The van der Waals surface area contributed by atoms with Crippen LogP contribution in [0.3, 0.4) is 0 Å². The number of morpholine rings is 1. The first-order valence-electron chi connectivity index (χ1n) is 5.77. The topological polar surface area (TPSA) is 71.9 Å². The molecule has 0 aliphatic carbocycles. The zero-order valence-electron chi connectivity index (χ0n) is 10.3. The lowest BCUT2D eigenvalue weighted by Crippen LogP contribution is -2.35. The van der Waals surface area contributed by atoms with E-state index < -0.39 is 5.97 Å². The van der Waals surface area contributed by atoms with Gasteiger partial charge in [0.05, 0.1) is 20.3 Å². The van der Waals surface area contributed by atoms with Gasteiger partial charge in [0.2, 0.25) is 5.88 Å². The fourth-order valence-electron chi connectivity index (χ4n) is 1.92. The van der Waals surface area contributed by atoms with Crippen molar-refractivity contribution in [3.05, 3.63) is 23.4 Å². The van der Waals surface area contributed by atoms with E-state index in [1.54, 1.807) is 12.3 Å². The summed E-state index contributed by atoms with van der Waals surface area (Å²) in [4.78, 5) is 17.3. The number of hydrogen-bond acceptors (Lipinski definition) is 5. The molecule has 1 N–H and O–H groups in total. The van der Waals surface area contributed by atoms with Crippen LogP contribution >= 0.6 is 0 Å². The summed E-state index contributed by atoms with van der Waals surface area (Å²) in [6, 6.07) is 1.61. The molecule has 0 radical (unpaired) electrons. The summed E-state index contributed by atoms with van der Waals surface area (Å²) in [6.07, 6.45) is 1.65. The van der Waals surface area contributed by atoms with Gasteiger partial charge in [0.1, 0.15) is 5.56 Å². The fourth-order valence-corrected chi connectivity index (χ4v) is 1.92. The molecule has 0 atom stereocenters. The van der Waals surface area contributed by atoms with Gasteiger partial charge in [0, 0.05) is 25.8 Å². The van der Waals surface area contributed by atoms with E-state index in [0.717, 1.165) is 31.9 Å². The van der Waals surface area contributed by atoms with Crippen LogP contribution in [0.15, 0.2) is 12.3 Å². The average molecular weight is 252 g/mol. The smallest absolute Gasteiger partial charge is 0.341 e. The predicted molar refractivity (Wildman–Crippen MR) is 63.8 cm³/mol. The highest BCUT2D eigenvalue weighted by Gasteiger charge is 2.16. The molecule has 0 saturated carbocycles. The number of aromatic nitrogens is 1. The highest BCUT2D eigenvalue weighted by Crippen LogP contribution is 2.17. The van der Waals surface area contributed by atoms with Crippen molar-refractivity contribution in [3.8, 4) is 5.88 Å². The van der Waals surface area contributed by atoms with Crippen LogP contribution in [0, 0.1) is 0 Å². The van der Waals surface area contributed by atoms with E-state index in [9.17, 15) is 4.79 Å². The van der Waals surface area contributed by atoms with E-state index in [2.05, 4.69) is 9.88 Å². The Hall–Kier alpha value is -1.66. The molecule has 1 aromatic heterocycles.